The molecule has 1 atom stereocenters. The molecule has 8 nitrogen and oxygen atoms in total. The van der Waals surface area contributed by atoms with Crippen molar-refractivity contribution in [1.82, 2.24) is 10.4 Å². The highest BCUT2D eigenvalue weighted by molar-refractivity contribution is 6.26. The van der Waals surface area contributed by atoms with Crippen LogP contribution < -0.4 is 10.3 Å². The Balaban J connectivity index is 2.04. The lowest BCUT2D eigenvalue weighted by atomic mass is 9.96. The van der Waals surface area contributed by atoms with Gasteiger partial charge < -0.3 is 4.74 Å². The number of rotatable bonds is 3. The summed E-state index contributed by atoms with van der Waals surface area (Å²) in [4.78, 5) is 51.0. The second-order valence-electron chi connectivity index (χ2n) is 6.22. The van der Waals surface area contributed by atoms with Gasteiger partial charge in [-0.05, 0) is 37.6 Å². The van der Waals surface area contributed by atoms with Crippen LogP contribution in [0.1, 0.15) is 25.8 Å². The molecule has 0 unspecified atom stereocenters. The minimum absolute atomic E-state index is 0.0331. The number of esters is 1. The Bertz CT molecular complexity index is 847. The van der Waals surface area contributed by atoms with Crippen molar-refractivity contribution in [2.24, 2.45) is 0 Å². The van der Waals surface area contributed by atoms with Gasteiger partial charge in [0, 0.05) is 6.92 Å². The number of benzene rings is 1. The van der Waals surface area contributed by atoms with Crippen LogP contribution in [0.5, 0.6) is 0 Å². The number of anilines is 1. The summed E-state index contributed by atoms with van der Waals surface area (Å²) < 4.78 is 4.93. The summed E-state index contributed by atoms with van der Waals surface area (Å²) >= 11 is 0. The maximum absolute atomic E-state index is 13.2. The third-order valence-electron chi connectivity index (χ3n) is 4.33. The third kappa shape index (κ3) is 2.63. The molecule has 1 aromatic carbocycles. The average Bonchev–Trinajstić information content (AvgIpc) is 3.07. The number of ether oxygens (including phenoxy) is 1. The van der Waals surface area contributed by atoms with E-state index in [2.05, 4.69) is 5.43 Å². The van der Waals surface area contributed by atoms with E-state index in [0.717, 1.165) is 15.5 Å². The Labute approximate surface area is 150 Å². The smallest absolute Gasteiger partial charge is 0.355 e. The molecule has 8 heteroatoms. The zero-order chi connectivity index (χ0) is 19.1. The van der Waals surface area contributed by atoms with Gasteiger partial charge in [0.1, 0.15) is 5.70 Å². The normalized spacial score (nSPS) is 21.9. The van der Waals surface area contributed by atoms with Gasteiger partial charge in [-0.1, -0.05) is 12.1 Å². The molecule has 2 aliphatic heterocycles. The number of amides is 3. The van der Waals surface area contributed by atoms with Crippen LogP contribution in [-0.2, 0) is 23.9 Å². The van der Waals surface area contributed by atoms with E-state index in [9.17, 15) is 19.2 Å². The highest BCUT2D eigenvalue weighted by Gasteiger charge is 2.59. The highest BCUT2D eigenvalue weighted by atomic mass is 16.5. The summed E-state index contributed by atoms with van der Waals surface area (Å²) in [6, 6.07) is 6.96. The van der Waals surface area contributed by atoms with Gasteiger partial charge in [0.2, 0.25) is 11.8 Å². The number of imide groups is 1. The first kappa shape index (κ1) is 17.7. The summed E-state index contributed by atoms with van der Waals surface area (Å²) in [6.45, 7) is 4.90. The van der Waals surface area contributed by atoms with E-state index in [4.69, 9.17) is 4.74 Å². The van der Waals surface area contributed by atoms with Gasteiger partial charge in [-0.15, -0.1) is 0 Å². The van der Waals surface area contributed by atoms with Gasteiger partial charge in [-0.3, -0.25) is 19.8 Å². The fourth-order valence-corrected chi connectivity index (χ4v) is 3.24. The van der Waals surface area contributed by atoms with Crippen molar-refractivity contribution in [2.45, 2.75) is 32.7 Å². The first-order valence-electron chi connectivity index (χ1n) is 8.21. The molecule has 1 spiro atoms. The quantitative estimate of drug-likeness (QED) is 0.635. The van der Waals surface area contributed by atoms with E-state index in [1.54, 1.807) is 25.1 Å². The first-order chi connectivity index (χ1) is 12.3. The Morgan fingerprint density at radius 3 is 2.65 bits per heavy atom. The predicted octanol–water partition coefficient (Wildman–Crippen LogP) is 0.811. The summed E-state index contributed by atoms with van der Waals surface area (Å²) in [5.41, 5.74) is 2.32. The van der Waals surface area contributed by atoms with Crippen molar-refractivity contribution in [3.05, 3.63) is 41.6 Å². The zero-order valence-corrected chi connectivity index (χ0v) is 14.7. The largest absolute Gasteiger partial charge is 0.461 e. The molecule has 0 bridgehead atoms. The van der Waals surface area contributed by atoms with Gasteiger partial charge in [0.05, 0.1) is 18.7 Å². The number of nitrogens with zero attached hydrogens (tertiary/aromatic N) is 2. The van der Waals surface area contributed by atoms with Crippen LogP contribution in [-0.4, -0.2) is 40.8 Å². The molecule has 1 N–H and O–H groups in total. The number of hydrogen-bond donors (Lipinski definition) is 1. The molecule has 136 valence electrons. The van der Waals surface area contributed by atoms with Crippen LogP contribution >= 0.6 is 0 Å². The molecule has 3 amide bonds. The van der Waals surface area contributed by atoms with Gasteiger partial charge in [-0.25, -0.2) is 14.7 Å². The number of nitrogens with one attached hydrogen (secondary N) is 1. The second-order valence-corrected chi connectivity index (χ2v) is 6.22. The van der Waals surface area contributed by atoms with E-state index in [1.165, 1.54) is 13.0 Å². The molecule has 2 aliphatic rings. The van der Waals surface area contributed by atoms with E-state index in [0.29, 0.717) is 5.69 Å². The van der Waals surface area contributed by atoms with Crippen molar-refractivity contribution in [1.29, 1.82) is 0 Å². The number of aryl methyl sites for hydroxylation is 1. The average molecular weight is 357 g/mol. The molecule has 0 aliphatic carbocycles. The van der Waals surface area contributed by atoms with E-state index >= 15 is 0 Å². The maximum atomic E-state index is 13.2. The SMILES string of the molecule is CCOC(=O)C1=C[C@@]2(CC(=O)N(c3cccc(C)c3)C2=O)N(C(C)=O)N1. The molecule has 1 saturated heterocycles. The highest BCUT2D eigenvalue weighted by Crippen LogP contribution is 2.38. The van der Waals surface area contributed by atoms with Crippen LogP contribution in [0.2, 0.25) is 0 Å². The minimum atomic E-state index is -1.57. The molecule has 2 heterocycles. The van der Waals surface area contributed by atoms with E-state index in [1.807, 2.05) is 13.0 Å². The van der Waals surface area contributed by atoms with Crippen molar-refractivity contribution in [3.63, 3.8) is 0 Å². The Morgan fingerprint density at radius 1 is 1.31 bits per heavy atom. The number of carbonyl (C=O) groups excluding carboxylic acids is 4. The molecule has 3 rings (SSSR count). The van der Waals surface area contributed by atoms with Crippen molar-refractivity contribution >= 4 is 29.4 Å². The number of hydrogen-bond acceptors (Lipinski definition) is 6. The lowest BCUT2D eigenvalue weighted by Gasteiger charge is -2.30. The zero-order valence-electron chi connectivity index (χ0n) is 14.7. The topological polar surface area (TPSA) is 96.0 Å². The Kier molecular flexibility index (Phi) is 4.27. The fraction of sp³-hybridized carbons (Fsp3) is 0.333. The number of hydrazine groups is 1. The lowest BCUT2D eigenvalue weighted by molar-refractivity contribution is -0.144. The molecule has 26 heavy (non-hydrogen) atoms. The monoisotopic (exact) mass is 357 g/mol. The molecule has 0 saturated carbocycles. The summed E-state index contributed by atoms with van der Waals surface area (Å²) in [6.07, 6.45) is 1.05. The standard InChI is InChI=1S/C18H19N3O5/c1-4-26-16(24)14-9-18(21(19-14)12(3)22)10-15(23)20(17(18)25)13-7-5-6-11(2)8-13/h5-9,19H,4,10H2,1-3H3/t18-/m0/s1. The van der Waals surface area contributed by atoms with Crippen LogP contribution in [0.3, 0.4) is 0 Å². The summed E-state index contributed by atoms with van der Waals surface area (Å²) in [5.74, 6) is -2.22. The summed E-state index contributed by atoms with van der Waals surface area (Å²) in [7, 11) is 0. The Morgan fingerprint density at radius 2 is 2.04 bits per heavy atom. The van der Waals surface area contributed by atoms with E-state index in [-0.39, 0.29) is 18.7 Å². The van der Waals surface area contributed by atoms with Crippen LogP contribution in [0.25, 0.3) is 0 Å². The van der Waals surface area contributed by atoms with Gasteiger partial charge in [-0.2, -0.15) is 0 Å². The van der Waals surface area contributed by atoms with Crippen molar-refractivity contribution in [3.8, 4) is 0 Å². The molecule has 1 fully saturated rings. The molecule has 1 aromatic rings. The minimum Gasteiger partial charge on any atom is -0.461 e. The molecular formula is C18H19N3O5. The lowest BCUT2D eigenvalue weighted by Crippen LogP contribution is -2.56. The number of carbonyl (C=O) groups is 4. The maximum Gasteiger partial charge on any atom is 0.355 e. The van der Waals surface area contributed by atoms with Crippen molar-refractivity contribution in [2.75, 3.05) is 11.5 Å². The van der Waals surface area contributed by atoms with Crippen LogP contribution in [0.4, 0.5) is 5.69 Å². The van der Waals surface area contributed by atoms with Crippen molar-refractivity contribution < 1.29 is 23.9 Å². The van der Waals surface area contributed by atoms with Gasteiger partial charge in [0.25, 0.3) is 5.91 Å². The fourth-order valence-electron chi connectivity index (χ4n) is 3.24. The predicted molar refractivity (Wildman–Crippen MR) is 91.4 cm³/mol. The van der Waals surface area contributed by atoms with Gasteiger partial charge >= 0.3 is 5.97 Å². The Hall–Kier alpha value is -3.16. The van der Waals surface area contributed by atoms with Crippen LogP contribution in [0.15, 0.2) is 36.0 Å². The second kappa shape index (κ2) is 6.29. The summed E-state index contributed by atoms with van der Waals surface area (Å²) in [5, 5.41) is 1.02. The first-order valence-corrected chi connectivity index (χ1v) is 8.21. The molecule has 0 aromatic heterocycles. The van der Waals surface area contributed by atoms with E-state index < -0.39 is 29.2 Å². The molecular weight excluding hydrogens is 338 g/mol. The third-order valence-corrected chi connectivity index (χ3v) is 4.33. The van der Waals surface area contributed by atoms with Crippen LogP contribution in [0, 0.1) is 6.92 Å². The van der Waals surface area contributed by atoms with Gasteiger partial charge in [0.15, 0.2) is 5.54 Å². The molecule has 0 radical (unpaired) electrons.